The fourth-order valence-electron chi connectivity index (χ4n) is 4.61. The first-order chi connectivity index (χ1) is 14.8. The molecule has 0 atom stereocenters. The van der Waals surface area contributed by atoms with Crippen LogP contribution in [0.1, 0.15) is 51.1 Å². The largest absolute Gasteiger partial charge is 0.490 e. The molecule has 7 heteroatoms. The number of carbonyl (C=O) groups excluding carboxylic acids is 1. The van der Waals surface area contributed by atoms with Crippen LogP contribution >= 0.6 is 0 Å². The number of benzene rings is 1. The summed E-state index contributed by atoms with van der Waals surface area (Å²) in [5.74, 6) is 0.152. The number of primary amides is 1. The molecule has 2 fully saturated rings. The number of carbonyl (C=O) groups is 1. The van der Waals surface area contributed by atoms with E-state index in [9.17, 15) is 9.59 Å². The van der Waals surface area contributed by atoms with E-state index in [1.54, 1.807) is 6.07 Å². The fourth-order valence-corrected chi connectivity index (χ4v) is 4.61. The van der Waals surface area contributed by atoms with E-state index in [0.29, 0.717) is 29.3 Å². The number of aromatic amines is 1. The van der Waals surface area contributed by atoms with E-state index in [1.807, 2.05) is 32.9 Å². The number of rotatable bonds is 6. The Balaban J connectivity index is 1.53. The highest BCUT2D eigenvalue weighted by atomic mass is 16.5. The van der Waals surface area contributed by atoms with E-state index in [4.69, 9.17) is 15.2 Å². The first-order valence-corrected chi connectivity index (χ1v) is 10.9. The van der Waals surface area contributed by atoms with Crippen molar-refractivity contribution in [3.8, 4) is 5.75 Å². The van der Waals surface area contributed by atoms with Gasteiger partial charge in [0.1, 0.15) is 11.9 Å². The first kappa shape index (κ1) is 21.6. The Hall–Kier alpha value is -2.64. The van der Waals surface area contributed by atoms with E-state index in [1.165, 1.54) is 0 Å². The van der Waals surface area contributed by atoms with E-state index < -0.39 is 5.91 Å². The molecule has 31 heavy (non-hydrogen) atoms. The number of nitrogens with two attached hydrogens (primary N) is 1. The predicted molar refractivity (Wildman–Crippen MR) is 119 cm³/mol. The zero-order chi connectivity index (χ0) is 22.1. The molecule has 1 aromatic carbocycles. The van der Waals surface area contributed by atoms with Crippen molar-refractivity contribution < 1.29 is 14.3 Å². The van der Waals surface area contributed by atoms with Crippen molar-refractivity contribution in [2.45, 2.75) is 52.2 Å². The SMILES string of the molecule is Cc1cc(C)c(Cc2cc(OC3CC(N4CCOCC4)C3)cc(C(N)=O)c2C)c(=O)[nH]1. The quantitative estimate of drug-likeness (QED) is 0.740. The number of amides is 1. The van der Waals surface area contributed by atoms with Crippen LogP contribution in [0.2, 0.25) is 0 Å². The Bertz CT molecular complexity index is 1030. The number of H-pyrrole nitrogens is 1. The summed E-state index contributed by atoms with van der Waals surface area (Å²) >= 11 is 0. The zero-order valence-electron chi connectivity index (χ0n) is 18.5. The lowest BCUT2D eigenvalue weighted by molar-refractivity contribution is -0.0373. The van der Waals surface area contributed by atoms with Crippen LogP contribution < -0.4 is 16.0 Å². The van der Waals surface area contributed by atoms with Gasteiger partial charge < -0.3 is 20.2 Å². The predicted octanol–water partition coefficient (Wildman–Crippen LogP) is 2.23. The molecule has 0 bridgehead atoms. The van der Waals surface area contributed by atoms with E-state index in [0.717, 1.165) is 61.5 Å². The Labute approximate surface area is 182 Å². The smallest absolute Gasteiger partial charge is 0.251 e. The number of aromatic nitrogens is 1. The Kier molecular flexibility index (Phi) is 6.16. The van der Waals surface area contributed by atoms with Gasteiger partial charge in [-0.15, -0.1) is 0 Å². The van der Waals surface area contributed by atoms with Crippen molar-refractivity contribution in [3.63, 3.8) is 0 Å². The van der Waals surface area contributed by atoms with Gasteiger partial charge in [-0.25, -0.2) is 0 Å². The van der Waals surface area contributed by atoms with Gasteiger partial charge in [0.25, 0.3) is 5.56 Å². The van der Waals surface area contributed by atoms with Gasteiger partial charge in [0.15, 0.2) is 0 Å². The highest BCUT2D eigenvalue weighted by Gasteiger charge is 2.36. The van der Waals surface area contributed by atoms with Crippen LogP contribution in [0.5, 0.6) is 5.75 Å². The van der Waals surface area contributed by atoms with Gasteiger partial charge in [-0.2, -0.15) is 0 Å². The maximum Gasteiger partial charge on any atom is 0.251 e. The second-order valence-corrected chi connectivity index (χ2v) is 8.75. The molecule has 1 amide bonds. The first-order valence-electron chi connectivity index (χ1n) is 10.9. The maximum absolute atomic E-state index is 12.5. The van der Waals surface area contributed by atoms with E-state index in [-0.39, 0.29) is 11.7 Å². The average molecular weight is 426 g/mol. The van der Waals surface area contributed by atoms with E-state index >= 15 is 0 Å². The Morgan fingerprint density at radius 3 is 2.55 bits per heavy atom. The molecule has 1 saturated heterocycles. The molecular weight excluding hydrogens is 394 g/mol. The highest BCUT2D eigenvalue weighted by Crippen LogP contribution is 2.32. The third-order valence-electron chi connectivity index (χ3n) is 6.55. The van der Waals surface area contributed by atoms with Crippen LogP contribution in [0, 0.1) is 20.8 Å². The average Bonchev–Trinajstić information content (AvgIpc) is 2.69. The van der Waals surface area contributed by atoms with Gasteiger partial charge in [-0.05, 0) is 55.7 Å². The van der Waals surface area contributed by atoms with Crippen molar-refractivity contribution in [1.29, 1.82) is 0 Å². The molecule has 0 spiro atoms. The van der Waals surface area contributed by atoms with Crippen LogP contribution in [-0.4, -0.2) is 54.2 Å². The second kappa shape index (κ2) is 8.85. The fraction of sp³-hybridized carbons (Fsp3) is 0.500. The van der Waals surface area contributed by atoms with Gasteiger partial charge in [-0.1, -0.05) is 0 Å². The molecule has 4 rings (SSSR count). The molecular formula is C24H31N3O4. The number of morpholine rings is 1. The highest BCUT2D eigenvalue weighted by molar-refractivity contribution is 5.95. The summed E-state index contributed by atoms with van der Waals surface area (Å²) < 4.78 is 11.7. The minimum atomic E-state index is -0.487. The summed E-state index contributed by atoms with van der Waals surface area (Å²) in [6.45, 7) is 9.21. The second-order valence-electron chi connectivity index (χ2n) is 8.75. The van der Waals surface area contributed by atoms with E-state index in [2.05, 4.69) is 9.88 Å². The van der Waals surface area contributed by atoms with Gasteiger partial charge in [0.05, 0.1) is 13.2 Å². The maximum atomic E-state index is 12.5. The molecule has 1 aliphatic carbocycles. The summed E-state index contributed by atoms with van der Waals surface area (Å²) in [7, 11) is 0. The summed E-state index contributed by atoms with van der Waals surface area (Å²) in [4.78, 5) is 29.9. The van der Waals surface area contributed by atoms with Gasteiger partial charge in [-0.3, -0.25) is 14.5 Å². The monoisotopic (exact) mass is 425 g/mol. The molecule has 2 aliphatic rings. The minimum Gasteiger partial charge on any atom is -0.490 e. The topological polar surface area (TPSA) is 97.6 Å². The number of ether oxygens (including phenoxy) is 2. The molecule has 1 aromatic heterocycles. The molecule has 7 nitrogen and oxygen atoms in total. The number of nitrogens with zero attached hydrogens (tertiary/aromatic N) is 1. The van der Waals surface area contributed by atoms with Crippen molar-refractivity contribution in [2.75, 3.05) is 26.3 Å². The third kappa shape index (κ3) is 4.67. The summed E-state index contributed by atoms with van der Waals surface area (Å²) in [5.41, 5.74) is 10.1. The van der Waals surface area contributed by atoms with Crippen LogP contribution in [0.3, 0.4) is 0 Å². The molecule has 0 radical (unpaired) electrons. The normalized spacial score (nSPS) is 21.5. The van der Waals surface area contributed by atoms with Crippen LogP contribution in [-0.2, 0) is 11.2 Å². The standard InChI is InChI=1S/C24H31N3O4/c1-14-8-15(2)26-24(29)21(14)10-17-9-19(13-22(16(17)3)23(25)28)31-20-11-18(12-20)27-4-6-30-7-5-27/h8-9,13,18,20H,4-7,10-12H2,1-3H3,(H2,25,28)(H,26,29). The number of pyridine rings is 1. The molecule has 3 N–H and O–H groups in total. The van der Waals surface area contributed by atoms with Crippen molar-refractivity contribution in [2.24, 2.45) is 5.73 Å². The van der Waals surface area contributed by atoms with Crippen molar-refractivity contribution in [1.82, 2.24) is 9.88 Å². The van der Waals surface area contributed by atoms with Gasteiger partial charge >= 0.3 is 0 Å². The Morgan fingerprint density at radius 2 is 1.90 bits per heavy atom. The molecule has 2 aromatic rings. The number of nitrogens with one attached hydrogen (secondary N) is 1. The lowest BCUT2D eigenvalue weighted by atomic mass is 9.87. The number of hydrogen-bond acceptors (Lipinski definition) is 5. The van der Waals surface area contributed by atoms with Crippen LogP contribution in [0.15, 0.2) is 23.0 Å². The molecule has 1 aliphatic heterocycles. The lowest BCUT2D eigenvalue weighted by Gasteiger charge is -2.44. The molecule has 2 heterocycles. The van der Waals surface area contributed by atoms with Crippen LogP contribution in [0.25, 0.3) is 0 Å². The molecule has 166 valence electrons. The third-order valence-corrected chi connectivity index (χ3v) is 6.55. The summed E-state index contributed by atoms with van der Waals surface area (Å²) in [6.07, 6.45) is 2.47. The summed E-state index contributed by atoms with van der Waals surface area (Å²) in [5, 5.41) is 0. The minimum absolute atomic E-state index is 0.101. The Morgan fingerprint density at radius 1 is 1.19 bits per heavy atom. The van der Waals surface area contributed by atoms with Crippen LogP contribution in [0.4, 0.5) is 0 Å². The molecule has 1 saturated carbocycles. The molecule has 0 unspecified atom stereocenters. The summed E-state index contributed by atoms with van der Waals surface area (Å²) in [6, 6.07) is 6.17. The lowest BCUT2D eigenvalue weighted by Crippen LogP contribution is -2.52. The van der Waals surface area contributed by atoms with Crippen molar-refractivity contribution >= 4 is 5.91 Å². The van der Waals surface area contributed by atoms with Gasteiger partial charge in [0.2, 0.25) is 5.91 Å². The van der Waals surface area contributed by atoms with Gasteiger partial charge in [0, 0.05) is 55.2 Å². The zero-order valence-corrected chi connectivity index (χ0v) is 18.5. The number of aryl methyl sites for hydroxylation is 2. The van der Waals surface area contributed by atoms with Crippen molar-refractivity contribution in [3.05, 3.63) is 62.1 Å². The number of hydrogen-bond donors (Lipinski definition) is 2.